The lowest BCUT2D eigenvalue weighted by atomic mass is 10.1. The summed E-state index contributed by atoms with van der Waals surface area (Å²) in [7, 11) is 0. The number of rotatable bonds is 4. The predicted molar refractivity (Wildman–Crippen MR) is 291 cm³/mol. The van der Waals surface area contributed by atoms with Crippen LogP contribution in [0.1, 0.15) is 40.3 Å². The Morgan fingerprint density at radius 1 is 0.500 bits per heavy atom. The number of anilines is 5. The molecule has 0 aliphatic carbocycles. The molecule has 30 nitrogen and oxygen atoms in total. The van der Waals surface area contributed by atoms with Crippen molar-refractivity contribution in [1.82, 2.24) is 15.2 Å². The molecule has 30 heteroatoms. The van der Waals surface area contributed by atoms with Crippen molar-refractivity contribution in [3.05, 3.63) is 164 Å². The Hall–Kier alpha value is -11.1. The molecule has 8 heterocycles. The van der Waals surface area contributed by atoms with Gasteiger partial charge in [0.1, 0.15) is 51.4 Å². The number of nitrogen functional groups attached to an aromatic ring is 4. The molecule has 8 aromatic rings. The van der Waals surface area contributed by atoms with Crippen LogP contribution in [0.4, 0.5) is 46.0 Å². The minimum Gasteiger partial charge on any atom is -0.739 e. The Morgan fingerprint density at radius 2 is 0.951 bits per heavy atom. The van der Waals surface area contributed by atoms with Crippen molar-refractivity contribution in [3.63, 3.8) is 0 Å². The van der Waals surface area contributed by atoms with E-state index in [9.17, 15) is 50.8 Å². The number of non-ortho nitro benzene ring substituents is 1. The topological polar surface area (TPSA) is 437 Å². The fourth-order valence-corrected chi connectivity index (χ4v) is 9.06. The first-order valence-electron chi connectivity index (χ1n) is 25.0. The van der Waals surface area contributed by atoms with Crippen LogP contribution in [0.2, 0.25) is 0 Å². The van der Waals surface area contributed by atoms with Gasteiger partial charge in [-0.25, -0.2) is 9.71 Å². The van der Waals surface area contributed by atoms with E-state index in [1.165, 1.54) is 48.9 Å². The van der Waals surface area contributed by atoms with Crippen molar-refractivity contribution < 1.29 is 62.4 Å². The third-order valence-corrected chi connectivity index (χ3v) is 13.0. The molecule has 424 valence electrons. The van der Waals surface area contributed by atoms with Gasteiger partial charge >= 0.3 is 5.95 Å². The van der Waals surface area contributed by atoms with Gasteiger partial charge < -0.3 is 66.6 Å². The Kier molecular flexibility index (Phi) is 16.2. The zero-order chi connectivity index (χ0) is 58.4. The van der Waals surface area contributed by atoms with Gasteiger partial charge in [-0.2, -0.15) is 0 Å². The third kappa shape index (κ3) is 12.6. The molecular weight excluding hydrogens is 1080 g/mol. The number of hydrogen-bond acceptors (Lipinski definition) is 23. The molecular formula is C52H50N14O16. The quantitative estimate of drug-likeness (QED) is 0.0543. The summed E-state index contributed by atoms with van der Waals surface area (Å²) >= 11 is 0. The van der Waals surface area contributed by atoms with E-state index in [1.807, 2.05) is 18.2 Å². The maximum atomic E-state index is 11.6. The summed E-state index contributed by atoms with van der Waals surface area (Å²) in [6.45, 7) is 5.25. The highest BCUT2D eigenvalue weighted by atomic mass is 16.6. The molecule has 0 saturated carbocycles. The lowest BCUT2D eigenvalue weighted by Crippen LogP contribution is -2.44. The first-order valence-corrected chi connectivity index (χ1v) is 25.0. The maximum absolute atomic E-state index is 11.6. The number of nitro groups is 3. The summed E-state index contributed by atoms with van der Waals surface area (Å²) in [5, 5.41) is 75.5. The van der Waals surface area contributed by atoms with Crippen LogP contribution in [0.15, 0.2) is 84.9 Å². The van der Waals surface area contributed by atoms with Crippen molar-refractivity contribution in [3.8, 4) is 34.5 Å². The van der Waals surface area contributed by atoms with Crippen LogP contribution in [0.5, 0.6) is 34.5 Å². The van der Waals surface area contributed by atoms with E-state index in [0.29, 0.717) is 81.5 Å². The molecule has 0 saturated heterocycles. The van der Waals surface area contributed by atoms with E-state index in [-0.39, 0.29) is 57.3 Å². The highest BCUT2D eigenvalue weighted by Crippen LogP contribution is 2.36. The fourth-order valence-electron chi connectivity index (χ4n) is 9.06. The standard InChI is InChI=1S/C10H11NO2.C9H8N4O3.C9H8N4O2.2C8H8N2O3.C8H7NO3/c1-7(12)11-9-3-2-8-4-5-13-10(8)6-9;10-9-11-13(15)7-3-5-1-2-16-8(5)4-6(7)12(9)14;10-9-11-6-4-8-5(1-2-15-8)3-7(6)13(14)12-9;9-6-4-8-5(1-2-13-8)3-7(6)10(11)12;9-6-3-5-1-2-13-8(5)4-7(6)10(11)12;10-9(11)7-2-1-6-3-4-12-8(6)5-7/h2-3,6H,4-5H2,1H3,(H,11,12);3-4H,1-2H2,(H2,10,11);3-4H,1-2H2,(H2,10,11,12);2*3-4H,1-2,9H2;1-2,5H,3-4H2. The van der Waals surface area contributed by atoms with Crippen molar-refractivity contribution >= 4 is 74.0 Å². The van der Waals surface area contributed by atoms with Crippen molar-refractivity contribution in [2.75, 3.05) is 67.9 Å². The molecule has 82 heavy (non-hydrogen) atoms. The third-order valence-electron chi connectivity index (χ3n) is 13.0. The number of fused-ring (bicyclic) bond motifs is 8. The molecule has 0 fully saturated rings. The van der Waals surface area contributed by atoms with Gasteiger partial charge in [0.15, 0.2) is 5.52 Å². The number of nitrogens with two attached hydrogens (primary N) is 4. The van der Waals surface area contributed by atoms with Crippen LogP contribution in [0.25, 0.3) is 22.1 Å². The molecule has 0 spiro atoms. The molecule has 0 bridgehead atoms. The number of aromatic nitrogens is 6. The first-order chi connectivity index (χ1) is 39.3. The van der Waals surface area contributed by atoms with Crippen LogP contribution in [-0.4, -0.2) is 75.5 Å². The molecule has 9 N–H and O–H groups in total. The van der Waals surface area contributed by atoms with E-state index in [4.69, 9.17) is 51.4 Å². The van der Waals surface area contributed by atoms with Gasteiger partial charge in [-0.15, -0.1) is 0 Å². The van der Waals surface area contributed by atoms with Crippen LogP contribution in [0, 0.1) is 46.0 Å². The van der Waals surface area contributed by atoms with E-state index < -0.39 is 14.8 Å². The average molecular weight is 1130 g/mol. The first kappa shape index (κ1) is 55.7. The number of hydrogen-bond donors (Lipinski definition) is 5. The van der Waals surface area contributed by atoms with Gasteiger partial charge in [0, 0.05) is 127 Å². The molecule has 2 aromatic heterocycles. The van der Waals surface area contributed by atoms with Crippen LogP contribution < -0.4 is 71.1 Å². The van der Waals surface area contributed by atoms with Crippen LogP contribution >= 0.6 is 0 Å². The Balaban J connectivity index is 0.000000119. The second kappa shape index (κ2) is 23.9. The van der Waals surface area contributed by atoms with Gasteiger partial charge in [0.25, 0.3) is 34.0 Å². The van der Waals surface area contributed by atoms with E-state index >= 15 is 0 Å². The minimum absolute atomic E-state index is 0.0320. The Morgan fingerprint density at radius 3 is 1.52 bits per heavy atom. The summed E-state index contributed by atoms with van der Waals surface area (Å²) in [6, 6.07) is 23.1. The zero-order valence-corrected chi connectivity index (χ0v) is 43.4. The SMILES string of the molecule is CC(=O)Nc1ccc2c(c1)OCC2.Nc1cc2c(cc1[N+](=O)[O-])CCO2.Nc1cc2c(cc1[N+](=O)[O-])OCC2.Nc1n[n+]([O-])c2cc3c(cc2[n+]1[O-])OCC3.Nc1nc2cc3c(cc2[n+]([O-])n1)CCO3.O=[N+]([O-])c1ccc2c(c1)OCC2. The van der Waals surface area contributed by atoms with Gasteiger partial charge in [-0.1, -0.05) is 6.07 Å². The molecule has 1 amide bonds. The van der Waals surface area contributed by atoms with Crippen LogP contribution in [-0.2, 0) is 43.3 Å². The van der Waals surface area contributed by atoms with Crippen molar-refractivity contribution in [2.24, 2.45) is 0 Å². The summed E-state index contributed by atoms with van der Waals surface area (Å²) in [4.78, 5) is 45.5. The summed E-state index contributed by atoms with van der Waals surface area (Å²) in [5.74, 6) is 3.75. The maximum Gasteiger partial charge on any atom is 0.458 e. The Bertz CT molecular complexity index is 3780. The monoisotopic (exact) mass is 1130 g/mol. The summed E-state index contributed by atoms with van der Waals surface area (Å²) in [6.07, 6.45) is 4.86. The predicted octanol–water partition coefficient (Wildman–Crippen LogP) is 4.13. The number of ether oxygens (including phenoxy) is 6. The molecule has 6 aliphatic heterocycles. The zero-order valence-electron chi connectivity index (χ0n) is 43.4. The molecule has 6 aromatic carbocycles. The average Bonchev–Trinajstić information content (AvgIpc) is 4.26. The van der Waals surface area contributed by atoms with E-state index in [0.717, 1.165) is 90.1 Å². The number of carbonyl (C=O) groups is 1. The largest absolute Gasteiger partial charge is 0.739 e. The smallest absolute Gasteiger partial charge is 0.458 e. The second-order valence-electron chi connectivity index (χ2n) is 18.5. The number of nitro benzene ring substituents is 3. The van der Waals surface area contributed by atoms with Gasteiger partial charge in [0.2, 0.25) is 11.0 Å². The highest BCUT2D eigenvalue weighted by Gasteiger charge is 2.25. The van der Waals surface area contributed by atoms with Gasteiger partial charge in [0.05, 0.1) is 71.6 Å². The molecule has 0 radical (unpaired) electrons. The van der Waals surface area contributed by atoms with Gasteiger partial charge in [-0.3, -0.25) is 40.9 Å². The summed E-state index contributed by atoms with van der Waals surface area (Å²) in [5.41, 5.74) is 30.1. The molecule has 6 aliphatic rings. The number of amides is 1. The number of benzene rings is 6. The lowest BCUT2D eigenvalue weighted by Gasteiger charge is -2.08. The molecule has 0 unspecified atom stereocenters. The van der Waals surface area contributed by atoms with Crippen LogP contribution in [0.3, 0.4) is 0 Å². The van der Waals surface area contributed by atoms with E-state index in [2.05, 4.69) is 20.5 Å². The molecule has 14 rings (SSSR count). The minimum atomic E-state index is -0.503. The van der Waals surface area contributed by atoms with Gasteiger partial charge in [-0.05, 0) is 34.2 Å². The Labute approximate surface area is 462 Å². The molecule has 0 atom stereocenters. The van der Waals surface area contributed by atoms with Crippen molar-refractivity contribution in [1.29, 1.82) is 0 Å². The number of nitrogens with zero attached hydrogens (tertiary/aromatic N) is 9. The normalized spacial score (nSPS) is 13.6. The lowest BCUT2D eigenvalue weighted by molar-refractivity contribution is -0.672. The second-order valence-corrected chi connectivity index (χ2v) is 18.5. The highest BCUT2D eigenvalue weighted by molar-refractivity contribution is 5.89. The summed E-state index contributed by atoms with van der Waals surface area (Å²) < 4.78 is 32.1. The van der Waals surface area contributed by atoms with E-state index in [1.54, 1.807) is 30.3 Å². The number of nitrogens with one attached hydrogen (secondary N) is 1. The number of carbonyl (C=O) groups excluding carboxylic acids is 1. The van der Waals surface area contributed by atoms with Crippen molar-refractivity contribution in [2.45, 2.75) is 45.4 Å². The fraction of sp³-hybridized carbons (Fsp3) is 0.250.